The molecule has 2 atom stereocenters. The Morgan fingerprint density at radius 1 is 1.14 bits per heavy atom. The Labute approximate surface area is 133 Å². The number of thioether (sulfide) groups is 1. The van der Waals surface area contributed by atoms with E-state index in [4.69, 9.17) is 4.74 Å². The Balaban J connectivity index is 1.58. The van der Waals surface area contributed by atoms with Crippen molar-refractivity contribution in [3.05, 3.63) is 0 Å². The number of rotatable bonds is 6. The van der Waals surface area contributed by atoms with Gasteiger partial charge in [-0.05, 0) is 51.9 Å². The zero-order valence-electron chi connectivity index (χ0n) is 13.2. The largest absolute Gasteiger partial charge is 0.465 e. The van der Waals surface area contributed by atoms with Crippen LogP contribution in [0.15, 0.2) is 0 Å². The third kappa shape index (κ3) is 3.95. The second-order valence-electron chi connectivity index (χ2n) is 6.98. The molecule has 0 bridgehead atoms. The quantitative estimate of drug-likeness (QED) is 0.760. The summed E-state index contributed by atoms with van der Waals surface area (Å²) in [5.41, 5.74) is -0.372. The lowest BCUT2D eigenvalue weighted by molar-refractivity contribution is -0.151. The molecule has 120 valence electrons. The van der Waals surface area contributed by atoms with E-state index in [1.807, 2.05) is 6.92 Å². The smallest absolute Gasteiger partial charge is 0.326 e. The summed E-state index contributed by atoms with van der Waals surface area (Å²) in [4.78, 5) is 12.5. The Morgan fingerprint density at radius 2 is 1.90 bits per heavy atom. The standard InChI is InChI=1S/C17H29NO2S/c1-2-20-16(19)17(18-13-8-9-13)11-10-15(12-17)21-14-6-4-3-5-7-14/h13-15,18H,2-12H2,1H3. The van der Waals surface area contributed by atoms with Crippen molar-refractivity contribution in [2.75, 3.05) is 6.61 Å². The molecular formula is C17H29NO2S. The average Bonchev–Trinajstić information content (AvgIpc) is 3.20. The summed E-state index contributed by atoms with van der Waals surface area (Å²) in [6, 6.07) is 0.563. The van der Waals surface area contributed by atoms with Crippen LogP contribution >= 0.6 is 11.8 Å². The van der Waals surface area contributed by atoms with Gasteiger partial charge in [-0.3, -0.25) is 10.1 Å². The van der Waals surface area contributed by atoms with Gasteiger partial charge in [-0.15, -0.1) is 0 Å². The third-order valence-electron chi connectivity index (χ3n) is 5.13. The van der Waals surface area contributed by atoms with Gasteiger partial charge < -0.3 is 4.74 Å². The maximum Gasteiger partial charge on any atom is 0.326 e. The molecule has 3 saturated carbocycles. The lowest BCUT2D eigenvalue weighted by atomic mass is 9.97. The molecule has 0 aliphatic heterocycles. The van der Waals surface area contributed by atoms with Crippen molar-refractivity contribution < 1.29 is 9.53 Å². The van der Waals surface area contributed by atoms with Crippen LogP contribution in [-0.4, -0.2) is 34.7 Å². The fraction of sp³-hybridized carbons (Fsp3) is 0.941. The van der Waals surface area contributed by atoms with E-state index >= 15 is 0 Å². The van der Waals surface area contributed by atoms with Crippen LogP contribution in [-0.2, 0) is 9.53 Å². The summed E-state index contributed by atoms with van der Waals surface area (Å²) < 4.78 is 5.39. The maximum absolute atomic E-state index is 12.5. The van der Waals surface area contributed by atoms with Crippen LogP contribution in [0.1, 0.15) is 71.1 Å². The van der Waals surface area contributed by atoms with Gasteiger partial charge in [-0.2, -0.15) is 11.8 Å². The highest BCUT2D eigenvalue weighted by Gasteiger charge is 2.49. The summed E-state index contributed by atoms with van der Waals surface area (Å²) in [5.74, 6) is 0.00337. The van der Waals surface area contributed by atoms with E-state index in [0.717, 1.165) is 18.1 Å². The predicted molar refractivity (Wildman–Crippen MR) is 87.6 cm³/mol. The van der Waals surface area contributed by atoms with Crippen LogP contribution in [0.3, 0.4) is 0 Å². The molecule has 1 N–H and O–H groups in total. The summed E-state index contributed by atoms with van der Waals surface area (Å²) in [7, 11) is 0. The summed E-state index contributed by atoms with van der Waals surface area (Å²) in [6.07, 6.45) is 12.5. The molecule has 3 rings (SSSR count). The molecule has 0 aromatic heterocycles. The van der Waals surface area contributed by atoms with E-state index in [1.165, 1.54) is 51.4 Å². The van der Waals surface area contributed by atoms with Gasteiger partial charge in [0.05, 0.1) is 6.61 Å². The Morgan fingerprint density at radius 3 is 2.57 bits per heavy atom. The molecule has 0 amide bonds. The Hall–Kier alpha value is -0.220. The van der Waals surface area contributed by atoms with Crippen molar-refractivity contribution in [3.63, 3.8) is 0 Å². The van der Waals surface area contributed by atoms with Gasteiger partial charge in [-0.25, -0.2) is 0 Å². The predicted octanol–water partition coefficient (Wildman–Crippen LogP) is 3.66. The lowest BCUT2D eigenvalue weighted by Crippen LogP contribution is -2.52. The molecule has 0 heterocycles. The molecule has 2 unspecified atom stereocenters. The van der Waals surface area contributed by atoms with Crippen LogP contribution in [0.5, 0.6) is 0 Å². The summed E-state index contributed by atoms with van der Waals surface area (Å²) in [6.45, 7) is 2.40. The second kappa shape index (κ2) is 6.91. The number of ether oxygens (including phenoxy) is 1. The number of esters is 1. The molecule has 3 nitrogen and oxygen atoms in total. The van der Waals surface area contributed by atoms with E-state index in [9.17, 15) is 4.79 Å². The molecule has 3 aliphatic rings. The zero-order valence-corrected chi connectivity index (χ0v) is 14.1. The summed E-state index contributed by atoms with van der Waals surface area (Å²) in [5, 5.41) is 5.11. The van der Waals surface area contributed by atoms with Crippen molar-refractivity contribution in [2.45, 2.75) is 93.2 Å². The third-order valence-corrected chi connectivity index (χ3v) is 6.77. The van der Waals surface area contributed by atoms with Gasteiger partial charge in [0.15, 0.2) is 0 Å². The minimum atomic E-state index is -0.372. The van der Waals surface area contributed by atoms with E-state index in [1.54, 1.807) is 0 Å². The number of nitrogens with one attached hydrogen (secondary N) is 1. The van der Waals surface area contributed by atoms with Crippen molar-refractivity contribution in [1.29, 1.82) is 0 Å². The molecule has 0 aromatic carbocycles. The van der Waals surface area contributed by atoms with E-state index in [-0.39, 0.29) is 11.5 Å². The van der Waals surface area contributed by atoms with Gasteiger partial charge in [0.2, 0.25) is 0 Å². The highest BCUT2D eigenvalue weighted by atomic mass is 32.2. The molecule has 3 fully saturated rings. The molecule has 0 saturated heterocycles. The first kappa shape index (κ1) is 15.7. The molecular weight excluding hydrogens is 282 g/mol. The molecule has 0 aromatic rings. The normalized spacial score (nSPS) is 34.0. The first-order valence-corrected chi connectivity index (χ1v) is 9.76. The number of carbonyl (C=O) groups is 1. The van der Waals surface area contributed by atoms with E-state index in [2.05, 4.69) is 17.1 Å². The van der Waals surface area contributed by atoms with Crippen LogP contribution in [0.4, 0.5) is 0 Å². The van der Waals surface area contributed by atoms with Crippen molar-refractivity contribution in [2.24, 2.45) is 0 Å². The molecule has 3 aliphatic carbocycles. The fourth-order valence-electron chi connectivity index (χ4n) is 3.85. The van der Waals surface area contributed by atoms with Crippen LogP contribution in [0, 0.1) is 0 Å². The zero-order chi connectivity index (χ0) is 14.7. The van der Waals surface area contributed by atoms with Gasteiger partial charge in [0, 0.05) is 16.5 Å². The molecule has 0 spiro atoms. The van der Waals surface area contributed by atoms with Crippen LogP contribution < -0.4 is 5.32 Å². The van der Waals surface area contributed by atoms with Gasteiger partial charge in [-0.1, -0.05) is 19.3 Å². The Kier molecular flexibility index (Phi) is 5.15. The fourth-order valence-corrected chi connectivity index (χ4v) is 5.64. The van der Waals surface area contributed by atoms with Crippen LogP contribution in [0.25, 0.3) is 0 Å². The molecule has 4 heteroatoms. The molecule has 0 radical (unpaired) electrons. The van der Waals surface area contributed by atoms with E-state index in [0.29, 0.717) is 17.9 Å². The van der Waals surface area contributed by atoms with E-state index < -0.39 is 0 Å². The number of carbonyl (C=O) groups excluding carboxylic acids is 1. The minimum Gasteiger partial charge on any atom is -0.465 e. The second-order valence-corrected chi connectivity index (χ2v) is 8.59. The molecule has 21 heavy (non-hydrogen) atoms. The van der Waals surface area contributed by atoms with Gasteiger partial charge in [0.1, 0.15) is 5.54 Å². The average molecular weight is 311 g/mol. The van der Waals surface area contributed by atoms with Crippen LogP contribution in [0.2, 0.25) is 0 Å². The SMILES string of the molecule is CCOC(=O)C1(NC2CC2)CCC(SC2CCCCC2)C1. The van der Waals surface area contributed by atoms with Crippen molar-refractivity contribution in [3.8, 4) is 0 Å². The van der Waals surface area contributed by atoms with Crippen molar-refractivity contribution in [1.82, 2.24) is 5.32 Å². The van der Waals surface area contributed by atoms with Gasteiger partial charge in [0.25, 0.3) is 0 Å². The Bertz CT molecular complexity index is 366. The first-order chi connectivity index (χ1) is 10.2. The number of hydrogen-bond donors (Lipinski definition) is 1. The highest BCUT2D eigenvalue weighted by Crippen LogP contribution is 2.43. The monoisotopic (exact) mass is 311 g/mol. The number of hydrogen-bond acceptors (Lipinski definition) is 4. The summed E-state index contributed by atoms with van der Waals surface area (Å²) >= 11 is 2.17. The van der Waals surface area contributed by atoms with Crippen molar-refractivity contribution >= 4 is 17.7 Å². The topological polar surface area (TPSA) is 38.3 Å². The lowest BCUT2D eigenvalue weighted by Gasteiger charge is -2.29. The maximum atomic E-state index is 12.5. The van der Waals surface area contributed by atoms with Gasteiger partial charge >= 0.3 is 5.97 Å². The highest BCUT2D eigenvalue weighted by molar-refractivity contribution is 8.00. The first-order valence-electron chi connectivity index (χ1n) is 8.82. The minimum absolute atomic E-state index is 0.00337.